The van der Waals surface area contributed by atoms with Crippen LogP contribution in [0.2, 0.25) is 0 Å². The normalized spacial score (nSPS) is 15.6. The van der Waals surface area contributed by atoms with E-state index in [1.54, 1.807) is 12.3 Å². The number of rotatable bonds is 1. The minimum absolute atomic E-state index is 0.289. The number of esters is 1. The Hall–Kier alpha value is -2.42. The number of pyridine rings is 1. The van der Waals surface area contributed by atoms with Crippen molar-refractivity contribution < 1.29 is 9.53 Å². The van der Waals surface area contributed by atoms with Crippen LogP contribution in [0.4, 0.5) is 0 Å². The van der Waals surface area contributed by atoms with Gasteiger partial charge in [0.2, 0.25) is 0 Å². The molecule has 1 aromatic carbocycles. The van der Waals surface area contributed by atoms with Crippen molar-refractivity contribution in [2.24, 2.45) is 0 Å². The molecule has 1 aromatic heterocycles. The monoisotopic (exact) mass is 237 g/mol. The molecule has 88 valence electrons. The number of fused-ring (bicyclic) bond motifs is 1. The van der Waals surface area contributed by atoms with Gasteiger partial charge < -0.3 is 4.74 Å². The van der Waals surface area contributed by atoms with Gasteiger partial charge in [-0.3, -0.25) is 4.98 Å². The van der Waals surface area contributed by atoms with Crippen molar-refractivity contribution in [2.75, 3.05) is 0 Å². The van der Waals surface area contributed by atoms with E-state index < -0.39 is 0 Å². The third-order valence-corrected chi connectivity index (χ3v) is 2.83. The van der Waals surface area contributed by atoms with Crippen LogP contribution in [0, 0.1) is 6.92 Å². The predicted molar refractivity (Wildman–Crippen MR) is 68.7 cm³/mol. The predicted octanol–water partition coefficient (Wildman–Crippen LogP) is 3.06. The first-order valence-electron chi connectivity index (χ1n) is 5.70. The van der Waals surface area contributed by atoms with Crippen LogP contribution in [0.3, 0.4) is 0 Å². The summed E-state index contributed by atoms with van der Waals surface area (Å²) < 4.78 is 5.28. The second-order valence-corrected chi connectivity index (χ2v) is 4.17. The highest BCUT2D eigenvalue weighted by atomic mass is 16.5. The number of benzene rings is 1. The van der Waals surface area contributed by atoms with Crippen LogP contribution in [-0.4, -0.2) is 11.0 Å². The summed E-state index contributed by atoms with van der Waals surface area (Å²) in [6.07, 6.45) is 3.60. The lowest BCUT2D eigenvalue weighted by atomic mass is 10.1. The number of aryl methyl sites for hydroxylation is 1. The van der Waals surface area contributed by atoms with Gasteiger partial charge in [0.05, 0.1) is 5.56 Å². The molecule has 0 N–H and O–H groups in total. The molecule has 2 aromatic rings. The molecule has 2 heterocycles. The van der Waals surface area contributed by atoms with E-state index in [2.05, 4.69) is 4.98 Å². The van der Waals surface area contributed by atoms with E-state index in [0.29, 0.717) is 11.3 Å². The Balaban J connectivity index is 2.07. The van der Waals surface area contributed by atoms with Crippen LogP contribution >= 0.6 is 0 Å². The van der Waals surface area contributed by atoms with Crippen molar-refractivity contribution in [3.8, 4) is 0 Å². The first-order valence-corrected chi connectivity index (χ1v) is 5.70. The van der Waals surface area contributed by atoms with Crippen molar-refractivity contribution in [3.05, 3.63) is 65.0 Å². The van der Waals surface area contributed by atoms with Crippen LogP contribution < -0.4 is 0 Å². The fraction of sp³-hybridized carbons (Fsp3) is 0.0667. The molecular weight excluding hydrogens is 226 g/mol. The van der Waals surface area contributed by atoms with E-state index in [0.717, 1.165) is 16.8 Å². The first-order chi connectivity index (χ1) is 8.74. The molecule has 0 unspecified atom stereocenters. The highest BCUT2D eigenvalue weighted by molar-refractivity contribution is 6.05. The molecule has 18 heavy (non-hydrogen) atoms. The van der Waals surface area contributed by atoms with Gasteiger partial charge in [0.25, 0.3) is 0 Å². The molecule has 0 aliphatic carbocycles. The average molecular weight is 237 g/mol. The maximum absolute atomic E-state index is 11.7. The zero-order chi connectivity index (χ0) is 12.5. The Bertz CT molecular complexity index is 659. The van der Waals surface area contributed by atoms with Gasteiger partial charge in [0.15, 0.2) is 0 Å². The van der Waals surface area contributed by atoms with Crippen molar-refractivity contribution in [2.45, 2.75) is 6.92 Å². The maximum Gasteiger partial charge on any atom is 0.344 e. The van der Waals surface area contributed by atoms with Gasteiger partial charge in [-0.15, -0.1) is 0 Å². The van der Waals surface area contributed by atoms with E-state index in [4.69, 9.17) is 4.74 Å². The van der Waals surface area contributed by atoms with Gasteiger partial charge in [0.1, 0.15) is 5.76 Å². The van der Waals surface area contributed by atoms with Gasteiger partial charge in [-0.2, -0.15) is 0 Å². The topological polar surface area (TPSA) is 39.2 Å². The Morgan fingerprint density at radius 2 is 1.94 bits per heavy atom. The molecule has 0 atom stereocenters. The first kappa shape index (κ1) is 10.7. The van der Waals surface area contributed by atoms with E-state index in [1.165, 1.54) is 0 Å². The minimum atomic E-state index is -0.289. The Labute approximate surface area is 105 Å². The van der Waals surface area contributed by atoms with Gasteiger partial charge in [-0.05, 0) is 36.8 Å². The fourth-order valence-electron chi connectivity index (χ4n) is 2.00. The van der Waals surface area contributed by atoms with Crippen molar-refractivity contribution in [3.63, 3.8) is 0 Å². The number of cyclic esters (lactones) is 1. The van der Waals surface area contributed by atoms with Crippen molar-refractivity contribution in [1.29, 1.82) is 0 Å². The molecule has 3 rings (SSSR count). The molecule has 1 aliphatic rings. The number of carbonyl (C=O) groups excluding carboxylic acids is 1. The zero-order valence-electron chi connectivity index (χ0n) is 9.88. The SMILES string of the molecule is Cc1cc(C=C2OC(=O)c3ccccc32)ccn1. The van der Waals surface area contributed by atoms with Crippen LogP contribution in [-0.2, 0) is 4.74 Å². The largest absolute Gasteiger partial charge is 0.422 e. The van der Waals surface area contributed by atoms with Gasteiger partial charge >= 0.3 is 5.97 Å². The number of carbonyl (C=O) groups is 1. The quantitative estimate of drug-likeness (QED) is 0.715. The number of aromatic nitrogens is 1. The fourth-order valence-corrected chi connectivity index (χ4v) is 2.00. The van der Waals surface area contributed by atoms with Gasteiger partial charge in [-0.1, -0.05) is 18.2 Å². The maximum atomic E-state index is 11.7. The molecule has 0 radical (unpaired) electrons. The second kappa shape index (κ2) is 4.11. The molecule has 3 nitrogen and oxygen atoms in total. The van der Waals surface area contributed by atoms with Crippen LogP contribution in [0.1, 0.15) is 27.2 Å². The Morgan fingerprint density at radius 3 is 2.72 bits per heavy atom. The molecule has 0 amide bonds. The lowest BCUT2D eigenvalue weighted by molar-refractivity contribution is 0.0717. The highest BCUT2D eigenvalue weighted by Crippen LogP contribution is 2.30. The summed E-state index contributed by atoms with van der Waals surface area (Å²) in [7, 11) is 0. The summed E-state index contributed by atoms with van der Waals surface area (Å²) in [5, 5.41) is 0. The van der Waals surface area contributed by atoms with Gasteiger partial charge in [0, 0.05) is 17.5 Å². The summed E-state index contributed by atoms with van der Waals surface area (Å²) in [6, 6.07) is 11.2. The van der Waals surface area contributed by atoms with E-state index in [1.807, 2.05) is 43.3 Å². The Kier molecular flexibility index (Phi) is 2.45. The molecule has 0 fully saturated rings. The number of ether oxygens (including phenoxy) is 1. The lowest BCUT2D eigenvalue weighted by Gasteiger charge is -1.99. The molecule has 0 spiro atoms. The molecule has 0 saturated carbocycles. The minimum Gasteiger partial charge on any atom is -0.422 e. The second-order valence-electron chi connectivity index (χ2n) is 4.17. The van der Waals surface area contributed by atoms with Crippen LogP contribution in [0.15, 0.2) is 42.6 Å². The summed E-state index contributed by atoms with van der Waals surface area (Å²) in [5.74, 6) is 0.309. The third-order valence-electron chi connectivity index (χ3n) is 2.83. The van der Waals surface area contributed by atoms with Crippen molar-refractivity contribution >= 4 is 17.8 Å². The average Bonchev–Trinajstić information content (AvgIpc) is 2.67. The summed E-state index contributed by atoms with van der Waals surface area (Å²) >= 11 is 0. The zero-order valence-corrected chi connectivity index (χ0v) is 9.88. The van der Waals surface area contributed by atoms with Crippen LogP contribution in [0.25, 0.3) is 11.8 Å². The summed E-state index contributed by atoms with van der Waals surface area (Å²) in [6.45, 7) is 1.93. The lowest BCUT2D eigenvalue weighted by Crippen LogP contribution is -1.92. The number of nitrogens with zero attached hydrogens (tertiary/aromatic N) is 1. The summed E-state index contributed by atoms with van der Waals surface area (Å²) in [4.78, 5) is 15.8. The van der Waals surface area contributed by atoms with Gasteiger partial charge in [-0.25, -0.2) is 4.79 Å². The highest BCUT2D eigenvalue weighted by Gasteiger charge is 2.25. The van der Waals surface area contributed by atoms with E-state index in [-0.39, 0.29) is 5.97 Å². The Morgan fingerprint density at radius 1 is 1.17 bits per heavy atom. The number of hydrogen-bond acceptors (Lipinski definition) is 3. The standard InChI is InChI=1S/C15H11NO2/c1-10-8-11(6-7-16-10)9-14-12-4-2-3-5-13(12)15(17)18-14/h2-9H,1H3. The molecule has 3 heteroatoms. The van der Waals surface area contributed by atoms with E-state index in [9.17, 15) is 4.79 Å². The molecule has 0 saturated heterocycles. The van der Waals surface area contributed by atoms with E-state index >= 15 is 0 Å². The summed E-state index contributed by atoms with van der Waals surface area (Å²) in [5.41, 5.74) is 3.37. The molecule has 1 aliphatic heterocycles. The number of hydrogen-bond donors (Lipinski definition) is 0. The third kappa shape index (κ3) is 1.80. The van der Waals surface area contributed by atoms with Crippen molar-refractivity contribution in [1.82, 2.24) is 4.98 Å². The smallest absolute Gasteiger partial charge is 0.344 e. The molecular formula is C15H11NO2. The van der Waals surface area contributed by atoms with Crippen LogP contribution in [0.5, 0.6) is 0 Å². The molecule has 0 bridgehead atoms.